The van der Waals surface area contributed by atoms with Gasteiger partial charge in [0, 0.05) is 6.42 Å². The van der Waals surface area contributed by atoms with Crippen LogP contribution in [0.4, 0.5) is 0 Å². The number of aryl methyl sites for hydroxylation is 1. The van der Waals surface area contributed by atoms with Gasteiger partial charge in [-0.05, 0) is 22.3 Å². The Morgan fingerprint density at radius 3 is 2.48 bits per heavy atom. The predicted octanol–water partition coefficient (Wildman–Crippen LogP) is 3.25. The number of aliphatic carboxylic acids is 1. The number of carboxylic acid groups (broad SMARTS) is 1. The van der Waals surface area contributed by atoms with Crippen LogP contribution in [0.2, 0.25) is 0 Å². The van der Waals surface area contributed by atoms with Gasteiger partial charge in [0.15, 0.2) is 5.82 Å². The summed E-state index contributed by atoms with van der Waals surface area (Å²) in [5.74, 6) is -0.0213. The zero-order valence-corrected chi connectivity index (χ0v) is 13.7. The van der Waals surface area contributed by atoms with E-state index in [1.807, 2.05) is 20.8 Å². The molecule has 1 aromatic rings. The third-order valence-electron chi connectivity index (χ3n) is 3.73. The Bertz CT molecular complexity index is 437. The summed E-state index contributed by atoms with van der Waals surface area (Å²) in [6.45, 7) is 8.26. The third kappa shape index (κ3) is 5.81. The van der Waals surface area contributed by atoms with E-state index < -0.39 is 5.97 Å². The Kier molecular flexibility index (Phi) is 6.78. The third-order valence-corrected chi connectivity index (χ3v) is 3.73. The molecule has 1 unspecified atom stereocenters. The summed E-state index contributed by atoms with van der Waals surface area (Å²) >= 11 is 0. The highest BCUT2D eigenvalue weighted by Crippen LogP contribution is 2.33. The first-order chi connectivity index (χ1) is 9.86. The van der Waals surface area contributed by atoms with Gasteiger partial charge in [-0.3, -0.25) is 4.79 Å². The molecular formula is C15H28N4O2. The number of hydrogen-bond donors (Lipinski definition) is 1. The maximum absolute atomic E-state index is 11.1. The van der Waals surface area contributed by atoms with E-state index in [9.17, 15) is 4.79 Å². The van der Waals surface area contributed by atoms with E-state index in [4.69, 9.17) is 5.11 Å². The van der Waals surface area contributed by atoms with Crippen molar-refractivity contribution in [1.29, 1.82) is 0 Å². The topological polar surface area (TPSA) is 80.9 Å². The summed E-state index contributed by atoms with van der Waals surface area (Å²) < 4.78 is 1.72. The van der Waals surface area contributed by atoms with Crippen LogP contribution >= 0.6 is 0 Å². The molecule has 120 valence electrons. The lowest BCUT2D eigenvalue weighted by molar-refractivity contribution is -0.138. The van der Waals surface area contributed by atoms with E-state index in [1.54, 1.807) is 4.68 Å². The molecule has 0 aromatic carbocycles. The zero-order chi connectivity index (χ0) is 15.9. The summed E-state index contributed by atoms with van der Waals surface area (Å²) in [5.41, 5.74) is -0.204. The molecule has 1 heterocycles. The van der Waals surface area contributed by atoms with Crippen LogP contribution in [0.5, 0.6) is 0 Å². The Morgan fingerprint density at radius 1 is 1.24 bits per heavy atom. The summed E-state index contributed by atoms with van der Waals surface area (Å²) in [4.78, 5) is 11.1. The van der Waals surface area contributed by atoms with Gasteiger partial charge < -0.3 is 5.11 Å². The van der Waals surface area contributed by atoms with Gasteiger partial charge in [-0.1, -0.05) is 53.4 Å². The van der Waals surface area contributed by atoms with Crippen LogP contribution in [0.3, 0.4) is 0 Å². The van der Waals surface area contributed by atoms with Crippen LogP contribution in [-0.2, 0) is 11.2 Å². The van der Waals surface area contributed by atoms with Crippen LogP contribution < -0.4 is 0 Å². The highest BCUT2D eigenvalue weighted by Gasteiger charge is 2.31. The minimum Gasteiger partial charge on any atom is -0.481 e. The Morgan fingerprint density at radius 2 is 1.90 bits per heavy atom. The molecule has 0 aliphatic heterocycles. The van der Waals surface area contributed by atoms with E-state index in [0.29, 0.717) is 0 Å². The molecule has 0 saturated carbocycles. The maximum atomic E-state index is 11.1. The van der Waals surface area contributed by atoms with Gasteiger partial charge in [-0.2, -0.15) is 0 Å². The first-order valence-corrected chi connectivity index (χ1v) is 7.84. The molecule has 21 heavy (non-hydrogen) atoms. The number of hydrogen-bond acceptors (Lipinski definition) is 4. The molecule has 1 atom stereocenters. The van der Waals surface area contributed by atoms with Gasteiger partial charge in [0.05, 0.1) is 12.5 Å². The normalized spacial score (nSPS) is 13.3. The fourth-order valence-electron chi connectivity index (χ4n) is 2.43. The van der Waals surface area contributed by atoms with Crippen molar-refractivity contribution in [1.82, 2.24) is 20.2 Å². The lowest BCUT2D eigenvalue weighted by Gasteiger charge is -2.29. The molecule has 6 heteroatoms. The molecule has 0 fully saturated rings. The van der Waals surface area contributed by atoms with E-state index in [1.165, 1.54) is 25.7 Å². The van der Waals surface area contributed by atoms with E-state index in [0.717, 1.165) is 18.7 Å². The van der Waals surface area contributed by atoms with E-state index in [-0.39, 0.29) is 17.9 Å². The number of aromatic nitrogens is 4. The molecule has 1 rings (SSSR count). The number of unbranched alkanes of at least 4 members (excludes halogenated alkanes) is 4. The van der Waals surface area contributed by atoms with Crippen molar-refractivity contribution >= 4 is 5.97 Å². The average molecular weight is 296 g/mol. The number of carbonyl (C=O) groups is 1. The molecule has 0 aliphatic carbocycles. The van der Waals surface area contributed by atoms with E-state index in [2.05, 4.69) is 22.4 Å². The van der Waals surface area contributed by atoms with Crippen LogP contribution in [0.1, 0.15) is 78.1 Å². The summed E-state index contributed by atoms with van der Waals surface area (Å²) in [7, 11) is 0. The molecule has 1 aromatic heterocycles. The number of rotatable bonds is 9. The fraction of sp³-hybridized carbons (Fsp3) is 0.867. The Hall–Kier alpha value is -1.46. The smallest absolute Gasteiger partial charge is 0.305 e. The van der Waals surface area contributed by atoms with Crippen LogP contribution in [0.25, 0.3) is 0 Å². The lowest BCUT2D eigenvalue weighted by atomic mass is 9.84. The Labute approximate surface area is 126 Å². The predicted molar refractivity (Wildman–Crippen MR) is 81.0 cm³/mol. The number of nitrogens with zero attached hydrogens (tertiary/aromatic N) is 4. The number of carboxylic acids is 1. The quantitative estimate of drug-likeness (QED) is 0.707. The lowest BCUT2D eigenvalue weighted by Crippen LogP contribution is -2.29. The van der Waals surface area contributed by atoms with Crippen molar-refractivity contribution in [2.45, 2.75) is 78.7 Å². The monoisotopic (exact) mass is 296 g/mol. The highest BCUT2D eigenvalue weighted by molar-refractivity contribution is 5.67. The molecular weight excluding hydrogens is 268 g/mol. The van der Waals surface area contributed by atoms with Crippen molar-refractivity contribution in [3.8, 4) is 0 Å². The first-order valence-electron chi connectivity index (χ1n) is 7.84. The first kappa shape index (κ1) is 17.6. The van der Waals surface area contributed by atoms with E-state index >= 15 is 0 Å². The van der Waals surface area contributed by atoms with Gasteiger partial charge in [0.25, 0.3) is 0 Å². The Balaban J connectivity index is 2.72. The van der Waals surface area contributed by atoms with Crippen molar-refractivity contribution < 1.29 is 9.90 Å². The van der Waals surface area contributed by atoms with Crippen molar-refractivity contribution in [2.24, 2.45) is 5.41 Å². The molecule has 0 bridgehead atoms. The summed E-state index contributed by atoms with van der Waals surface area (Å²) in [5, 5.41) is 21.0. The van der Waals surface area contributed by atoms with Crippen LogP contribution in [-0.4, -0.2) is 31.3 Å². The molecule has 1 N–H and O–H groups in total. The zero-order valence-electron chi connectivity index (χ0n) is 13.7. The minimum absolute atomic E-state index is 0.0391. The minimum atomic E-state index is -0.820. The highest BCUT2D eigenvalue weighted by atomic mass is 16.4. The van der Waals surface area contributed by atoms with Gasteiger partial charge in [0.1, 0.15) is 0 Å². The number of tetrazole rings is 1. The van der Waals surface area contributed by atoms with Crippen LogP contribution in [0, 0.1) is 5.41 Å². The van der Waals surface area contributed by atoms with Gasteiger partial charge in [-0.15, -0.1) is 5.10 Å². The molecule has 6 nitrogen and oxygen atoms in total. The summed E-state index contributed by atoms with van der Waals surface area (Å²) in [6, 6.07) is -0.226. The largest absolute Gasteiger partial charge is 0.481 e. The van der Waals surface area contributed by atoms with Gasteiger partial charge in [-0.25, -0.2) is 4.68 Å². The molecule has 0 aliphatic rings. The van der Waals surface area contributed by atoms with Crippen molar-refractivity contribution in [3.05, 3.63) is 5.82 Å². The molecule has 0 saturated heterocycles. The maximum Gasteiger partial charge on any atom is 0.305 e. The second kappa shape index (κ2) is 8.10. The molecule has 0 amide bonds. The van der Waals surface area contributed by atoms with Crippen LogP contribution in [0.15, 0.2) is 0 Å². The molecule has 0 radical (unpaired) electrons. The van der Waals surface area contributed by atoms with Crippen molar-refractivity contribution in [3.63, 3.8) is 0 Å². The SMILES string of the molecule is CCCCCCCc1nnnn1C(CC(=O)O)C(C)(C)C. The standard InChI is InChI=1S/C15H28N4O2/c1-5-6-7-8-9-10-13-16-17-18-19(13)12(11-14(20)21)15(2,3)4/h12H,5-11H2,1-4H3,(H,20,21). The van der Waals surface area contributed by atoms with Gasteiger partial charge >= 0.3 is 5.97 Å². The average Bonchev–Trinajstić information content (AvgIpc) is 2.82. The second-order valence-corrected chi connectivity index (χ2v) is 6.68. The second-order valence-electron chi connectivity index (χ2n) is 6.68. The van der Waals surface area contributed by atoms with Gasteiger partial charge in [0.2, 0.25) is 0 Å². The molecule has 0 spiro atoms. The fourth-order valence-corrected chi connectivity index (χ4v) is 2.43. The van der Waals surface area contributed by atoms with Crippen molar-refractivity contribution in [2.75, 3.05) is 0 Å². The summed E-state index contributed by atoms with van der Waals surface area (Å²) in [6.07, 6.45) is 6.78.